The average Bonchev–Trinajstić information content (AvgIpc) is 3.15. The van der Waals surface area contributed by atoms with Gasteiger partial charge in [-0.25, -0.2) is 10.1 Å². The predicted molar refractivity (Wildman–Crippen MR) is 105 cm³/mol. The van der Waals surface area contributed by atoms with E-state index < -0.39 is 0 Å². The minimum Gasteiger partial charge on any atom is -0.493 e. The van der Waals surface area contributed by atoms with Crippen molar-refractivity contribution >= 4 is 45.1 Å². The number of hydrogen-bond acceptors (Lipinski definition) is 5. The second-order valence-electron chi connectivity index (χ2n) is 5.28. The number of H-pyrrole nitrogens is 1. The lowest BCUT2D eigenvalue weighted by atomic mass is 10.1. The van der Waals surface area contributed by atoms with Gasteiger partial charge in [0.15, 0.2) is 11.5 Å². The molecule has 0 unspecified atom stereocenters. The Balaban J connectivity index is 1.83. The van der Waals surface area contributed by atoms with E-state index >= 15 is 0 Å². The molecule has 136 valence electrons. The highest BCUT2D eigenvalue weighted by atomic mass is 79.9. The van der Waals surface area contributed by atoms with Crippen LogP contribution in [0.25, 0.3) is 0 Å². The summed E-state index contributed by atoms with van der Waals surface area (Å²) in [5.41, 5.74) is 1.79. The van der Waals surface area contributed by atoms with Crippen LogP contribution >= 0.6 is 39.1 Å². The summed E-state index contributed by atoms with van der Waals surface area (Å²) in [6.07, 6.45) is 1.44. The largest absolute Gasteiger partial charge is 0.493 e. The monoisotopic (exact) mass is 456 g/mol. The molecule has 0 saturated carbocycles. The number of ether oxygens (including phenoxy) is 2. The van der Waals surface area contributed by atoms with Crippen LogP contribution in [0.4, 0.5) is 5.95 Å². The number of aromatic amines is 1. The van der Waals surface area contributed by atoms with Crippen molar-refractivity contribution in [1.82, 2.24) is 15.2 Å². The van der Waals surface area contributed by atoms with E-state index in [-0.39, 0.29) is 0 Å². The number of nitrogens with zero attached hydrogens (tertiary/aromatic N) is 2. The maximum Gasteiger partial charge on any atom is 0.218 e. The Hall–Kier alpha value is -1.96. The summed E-state index contributed by atoms with van der Waals surface area (Å²) >= 11 is 15.6. The van der Waals surface area contributed by atoms with Crippen molar-refractivity contribution in [2.24, 2.45) is 0 Å². The van der Waals surface area contributed by atoms with Gasteiger partial charge in [0.25, 0.3) is 0 Å². The van der Waals surface area contributed by atoms with Crippen LogP contribution in [0.15, 0.2) is 41.1 Å². The van der Waals surface area contributed by atoms with Gasteiger partial charge in [-0.15, -0.1) is 0 Å². The SMILES string of the molecule is COc1ccc(Br)c(CNc2ncn[nH]2)c1OCc1ccc(Cl)c(Cl)c1. The number of hydrogen-bond donors (Lipinski definition) is 2. The fraction of sp³-hybridized carbons (Fsp3) is 0.176. The van der Waals surface area contributed by atoms with Gasteiger partial charge in [-0.1, -0.05) is 45.2 Å². The van der Waals surface area contributed by atoms with Crippen LogP contribution in [-0.2, 0) is 13.2 Å². The Morgan fingerprint density at radius 3 is 2.73 bits per heavy atom. The molecule has 0 radical (unpaired) electrons. The molecule has 0 saturated heterocycles. The van der Waals surface area contributed by atoms with Crippen molar-refractivity contribution < 1.29 is 9.47 Å². The van der Waals surface area contributed by atoms with E-state index in [2.05, 4.69) is 36.4 Å². The van der Waals surface area contributed by atoms with Crippen molar-refractivity contribution in [3.63, 3.8) is 0 Å². The van der Waals surface area contributed by atoms with E-state index in [9.17, 15) is 0 Å². The molecule has 2 aromatic carbocycles. The molecule has 0 fully saturated rings. The molecule has 0 spiro atoms. The van der Waals surface area contributed by atoms with Crippen LogP contribution in [0.1, 0.15) is 11.1 Å². The Morgan fingerprint density at radius 2 is 2.04 bits per heavy atom. The summed E-state index contributed by atoms with van der Waals surface area (Å²) in [6.45, 7) is 0.780. The lowest BCUT2D eigenvalue weighted by Gasteiger charge is -2.17. The maximum absolute atomic E-state index is 6.07. The third kappa shape index (κ3) is 4.41. The molecule has 3 aromatic rings. The highest BCUT2D eigenvalue weighted by molar-refractivity contribution is 9.10. The molecule has 0 amide bonds. The average molecular weight is 458 g/mol. The van der Waals surface area contributed by atoms with Crippen LogP contribution in [-0.4, -0.2) is 22.3 Å². The van der Waals surface area contributed by atoms with Crippen molar-refractivity contribution in [3.8, 4) is 11.5 Å². The van der Waals surface area contributed by atoms with E-state index in [1.165, 1.54) is 6.33 Å². The van der Waals surface area contributed by atoms with Crippen molar-refractivity contribution in [1.29, 1.82) is 0 Å². The number of halogens is 3. The standard InChI is InChI=1S/C17H15BrCl2N4O2/c1-25-15-5-3-12(18)11(7-21-17-22-9-23-24-17)16(15)26-8-10-2-4-13(19)14(20)6-10/h2-6,9H,7-8H2,1H3,(H2,21,22,23,24). The summed E-state index contributed by atoms with van der Waals surface area (Å²) in [7, 11) is 1.60. The normalized spacial score (nSPS) is 10.6. The molecule has 9 heteroatoms. The van der Waals surface area contributed by atoms with Crippen LogP contribution < -0.4 is 14.8 Å². The van der Waals surface area contributed by atoms with Crippen LogP contribution in [0.3, 0.4) is 0 Å². The number of aromatic nitrogens is 3. The number of rotatable bonds is 7. The van der Waals surface area contributed by atoms with E-state index in [1.54, 1.807) is 19.2 Å². The summed E-state index contributed by atoms with van der Waals surface area (Å²) in [5.74, 6) is 1.82. The topological polar surface area (TPSA) is 72.1 Å². The van der Waals surface area contributed by atoms with Gasteiger partial charge >= 0.3 is 0 Å². The molecule has 6 nitrogen and oxygen atoms in total. The van der Waals surface area contributed by atoms with Gasteiger partial charge in [0.1, 0.15) is 12.9 Å². The van der Waals surface area contributed by atoms with Gasteiger partial charge in [-0.2, -0.15) is 5.10 Å². The fourth-order valence-corrected chi connectivity index (χ4v) is 3.09. The van der Waals surface area contributed by atoms with E-state index in [0.717, 1.165) is 15.6 Å². The molecular formula is C17H15BrCl2N4O2. The molecule has 0 aliphatic carbocycles. The first-order valence-corrected chi connectivity index (χ1v) is 9.14. The lowest BCUT2D eigenvalue weighted by molar-refractivity contribution is 0.281. The van der Waals surface area contributed by atoms with Gasteiger partial charge in [-0.05, 0) is 29.8 Å². The van der Waals surface area contributed by atoms with E-state index in [4.69, 9.17) is 32.7 Å². The van der Waals surface area contributed by atoms with Gasteiger partial charge in [0, 0.05) is 16.6 Å². The zero-order valence-corrected chi connectivity index (χ0v) is 16.8. The minimum absolute atomic E-state index is 0.318. The summed E-state index contributed by atoms with van der Waals surface area (Å²) in [5, 5.41) is 10.7. The van der Waals surface area contributed by atoms with Crippen molar-refractivity contribution in [2.45, 2.75) is 13.2 Å². The third-order valence-electron chi connectivity index (χ3n) is 3.60. The maximum atomic E-state index is 6.07. The Kier molecular flexibility index (Phi) is 6.24. The predicted octanol–water partition coefficient (Wildman–Crippen LogP) is 5.07. The number of anilines is 1. The number of benzene rings is 2. The highest BCUT2D eigenvalue weighted by Gasteiger charge is 2.15. The first kappa shape index (κ1) is 18.8. The van der Waals surface area contributed by atoms with Gasteiger partial charge in [0.2, 0.25) is 5.95 Å². The van der Waals surface area contributed by atoms with Gasteiger partial charge in [0.05, 0.1) is 17.2 Å². The quantitative estimate of drug-likeness (QED) is 0.517. The zero-order valence-electron chi connectivity index (χ0n) is 13.7. The number of nitrogens with one attached hydrogen (secondary N) is 2. The summed E-state index contributed by atoms with van der Waals surface area (Å²) < 4.78 is 12.4. The Labute approximate surface area is 169 Å². The van der Waals surface area contributed by atoms with Crippen molar-refractivity contribution in [2.75, 3.05) is 12.4 Å². The molecule has 0 aliphatic heterocycles. The molecule has 0 aliphatic rings. The van der Waals surface area contributed by atoms with Gasteiger partial charge < -0.3 is 14.8 Å². The lowest BCUT2D eigenvalue weighted by Crippen LogP contribution is -2.07. The summed E-state index contributed by atoms with van der Waals surface area (Å²) in [6, 6.07) is 9.13. The van der Waals surface area contributed by atoms with Gasteiger partial charge in [-0.3, -0.25) is 0 Å². The number of methoxy groups -OCH3 is 1. The molecule has 0 atom stereocenters. The Bertz CT molecular complexity index is 891. The molecule has 0 bridgehead atoms. The highest BCUT2D eigenvalue weighted by Crippen LogP contribution is 2.37. The molecule has 1 aromatic heterocycles. The molecule has 26 heavy (non-hydrogen) atoms. The third-order valence-corrected chi connectivity index (χ3v) is 5.08. The second kappa shape index (κ2) is 8.62. The first-order chi connectivity index (χ1) is 12.6. The second-order valence-corrected chi connectivity index (χ2v) is 6.95. The van der Waals surface area contributed by atoms with Crippen LogP contribution in [0.5, 0.6) is 11.5 Å². The Morgan fingerprint density at radius 1 is 1.19 bits per heavy atom. The smallest absolute Gasteiger partial charge is 0.218 e. The van der Waals surface area contributed by atoms with Crippen molar-refractivity contribution in [3.05, 3.63) is 62.3 Å². The molecule has 2 N–H and O–H groups in total. The zero-order chi connectivity index (χ0) is 18.5. The van der Waals surface area contributed by atoms with Crippen LogP contribution in [0.2, 0.25) is 10.0 Å². The first-order valence-electron chi connectivity index (χ1n) is 7.60. The molecule has 3 rings (SSSR count). The molecule has 1 heterocycles. The van der Waals surface area contributed by atoms with E-state index in [0.29, 0.717) is 40.6 Å². The van der Waals surface area contributed by atoms with Crippen LogP contribution in [0, 0.1) is 0 Å². The molecular weight excluding hydrogens is 443 g/mol. The van der Waals surface area contributed by atoms with E-state index in [1.807, 2.05) is 18.2 Å². The fourth-order valence-electron chi connectivity index (χ4n) is 2.31. The summed E-state index contributed by atoms with van der Waals surface area (Å²) in [4.78, 5) is 4.05. The minimum atomic E-state index is 0.318.